The van der Waals surface area contributed by atoms with Gasteiger partial charge in [0.25, 0.3) is 0 Å². The van der Waals surface area contributed by atoms with E-state index < -0.39 is 0 Å². The van der Waals surface area contributed by atoms with Crippen molar-refractivity contribution in [2.45, 2.75) is 24.9 Å². The number of halogens is 1. The zero-order valence-corrected chi connectivity index (χ0v) is 13.9. The van der Waals surface area contributed by atoms with E-state index in [9.17, 15) is 4.39 Å². The standard InChI is InChI=1S/C20H24FN3/c21-17-6-8-18(9-7-17)23-14-20(16-4-2-1-3-5-16)24(15-23)19-10-12-22-13-11-19/h1-9,19-20,22H,10-15H2/t20-/m0/s1. The number of anilines is 1. The number of nitrogens with one attached hydrogen (secondary N) is 1. The Kier molecular flexibility index (Phi) is 4.50. The highest BCUT2D eigenvalue weighted by Crippen LogP contribution is 2.34. The van der Waals surface area contributed by atoms with Crippen LogP contribution in [-0.2, 0) is 0 Å². The van der Waals surface area contributed by atoms with Gasteiger partial charge >= 0.3 is 0 Å². The zero-order valence-electron chi connectivity index (χ0n) is 13.9. The number of hydrogen-bond acceptors (Lipinski definition) is 3. The summed E-state index contributed by atoms with van der Waals surface area (Å²) in [5.74, 6) is -0.173. The van der Waals surface area contributed by atoms with E-state index in [4.69, 9.17) is 0 Å². The molecule has 2 aliphatic rings. The molecule has 3 nitrogen and oxygen atoms in total. The topological polar surface area (TPSA) is 18.5 Å². The fourth-order valence-corrected chi connectivity index (χ4v) is 3.99. The van der Waals surface area contributed by atoms with Crippen molar-refractivity contribution in [1.82, 2.24) is 10.2 Å². The Morgan fingerprint density at radius 3 is 2.33 bits per heavy atom. The van der Waals surface area contributed by atoms with E-state index in [2.05, 4.69) is 45.4 Å². The summed E-state index contributed by atoms with van der Waals surface area (Å²) in [6.45, 7) is 4.06. The molecule has 0 saturated carbocycles. The smallest absolute Gasteiger partial charge is 0.123 e. The molecular weight excluding hydrogens is 301 g/mol. The fraction of sp³-hybridized carbons (Fsp3) is 0.400. The molecule has 2 saturated heterocycles. The predicted octanol–water partition coefficient (Wildman–Crippen LogP) is 3.40. The van der Waals surface area contributed by atoms with E-state index in [0.717, 1.165) is 32.0 Å². The molecule has 1 atom stereocenters. The van der Waals surface area contributed by atoms with E-state index in [-0.39, 0.29) is 5.82 Å². The van der Waals surface area contributed by atoms with E-state index >= 15 is 0 Å². The summed E-state index contributed by atoms with van der Waals surface area (Å²) in [4.78, 5) is 5.01. The average Bonchev–Trinajstić information content (AvgIpc) is 3.09. The maximum absolute atomic E-state index is 13.2. The lowest BCUT2D eigenvalue weighted by Crippen LogP contribution is -2.43. The summed E-state index contributed by atoms with van der Waals surface area (Å²) >= 11 is 0. The van der Waals surface area contributed by atoms with Gasteiger partial charge in [-0.3, -0.25) is 4.90 Å². The molecule has 2 fully saturated rings. The Morgan fingerprint density at radius 1 is 0.917 bits per heavy atom. The second-order valence-corrected chi connectivity index (χ2v) is 6.76. The van der Waals surface area contributed by atoms with Gasteiger partial charge in [-0.25, -0.2) is 4.39 Å². The van der Waals surface area contributed by atoms with Gasteiger partial charge in [-0.15, -0.1) is 0 Å². The van der Waals surface area contributed by atoms with Crippen molar-refractivity contribution in [3.8, 4) is 0 Å². The number of piperidine rings is 1. The first-order valence-corrected chi connectivity index (χ1v) is 8.83. The molecule has 4 rings (SSSR count). The monoisotopic (exact) mass is 325 g/mol. The second kappa shape index (κ2) is 6.91. The van der Waals surface area contributed by atoms with Crippen molar-refractivity contribution >= 4 is 5.69 Å². The third kappa shape index (κ3) is 3.17. The van der Waals surface area contributed by atoms with Crippen LogP contribution in [0.5, 0.6) is 0 Å². The van der Waals surface area contributed by atoms with Gasteiger partial charge in [-0.2, -0.15) is 0 Å². The minimum Gasteiger partial charge on any atom is -0.357 e. The molecule has 2 aromatic carbocycles. The molecule has 0 spiro atoms. The average molecular weight is 325 g/mol. The van der Waals surface area contributed by atoms with Crippen LogP contribution in [0.3, 0.4) is 0 Å². The normalized spacial score (nSPS) is 22.9. The summed E-state index contributed by atoms with van der Waals surface area (Å²) < 4.78 is 13.2. The number of benzene rings is 2. The minimum atomic E-state index is -0.173. The SMILES string of the molecule is Fc1ccc(N2C[C@@H](c3ccccc3)N(C3CCNCC3)C2)cc1. The number of hydrogen-bond donors (Lipinski definition) is 1. The summed E-state index contributed by atoms with van der Waals surface area (Å²) in [7, 11) is 0. The third-order valence-electron chi connectivity index (χ3n) is 5.28. The Labute approximate surface area is 143 Å². The van der Waals surface area contributed by atoms with Crippen molar-refractivity contribution in [3.63, 3.8) is 0 Å². The second-order valence-electron chi connectivity index (χ2n) is 6.76. The Morgan fingerprint density at radius 2 is 1.62 bits per heavy atom. The fourth-order valence-electron chi connectivity index (χ4n) is 3.99. The van der Waals surface area contributed by atoms with Crippen molar-refractivity contribution < 1.29 is 4.39 Å². The van der Waals surface area contributed by atoms with Gasteiger partial charge in [0, 0.05) is 18.3 Å². The molecule has 2 aliphatic heterocycles. The van der Waals surface area contributed by atoms with Gasteiger partial charge in [0.1, 0.15) is 5.82 Å². The summed E-state index contributed by atoms with van der Waals surface area (Å²) in [6.07, 6.45) is 2.39. The van der Waals surface area contributed by atoms with Gasteiger partial charge in [0.05, 0.1) is 12.7 Å². The highest BCUT2D eigenvalue weighted by atomic mass is 19.1. The Bertz CT molecular complexity index is 652. The molecule has 126 valence electrons. The molecule has 0 amide bonds. The van der Waals surface area contributed by atoms with Crippen LogP contribution in [0.1, 0.15) is 24.4 Å². The molecule has 2 aromatic rings. The maximum atomic E-state index is 13.2. The quantitative estimate of drug-likeness (QED) is 0.933. The van der Waals surface area contributed by atoms with E-state index in [0.29, 0.717) is 12.1 Å². The molecule has 0 aliphatic carbocycles. The molecule has 0 bridgehead atoms. The third-order valence-corrected chi connectivity index (χ3v) is 5.28. The van der Waals surface area contributed by atoms with Gasteiger partial charge in [-0.05, 0) is 55.8 Å². The molecule has 0 aromatic heterocycles. The first-order chi connectivity index (χ1) is 11.8. The van der Waals surface area contributed by atoms with E-state index in [1.54, 1.807) is 12.1 Å². The molecule has 0 unspecified atom stereocenters. The lowest BCUT2D eigenvalue weighted by Gasteiger charge is -2.35. The first kappa shape index (κ1) is 15.6. The van der Waals surface area contributed by atoms with Gasteiger partial charge in [0.15, 0.2) is 0 Å². The van der Waals surface area contributed by atoms with E-state index in [1.165, 1.54) is 18.4 Å². The number of rotatable bonds is 3. The number of nitrogens with zero attached hydrogens (tertiary/aromatic N) is 2. The van der Waals surface area contributed by atoms with Gasteiger partial charge in [-0.1, -0.05) is 30.3 Å². The van der Waals surface area contributed by atoms with Crippen LogP contribution in [0.15, 0.2) is 54.6 Å². The predicted molar refractivity (Wildman–Crippen MR) is 95.5 cm³/mol. The molecule has 4 heteroatoms. The van der Waals surface area contributed by atoms with Crippen molar-refractivity contribution in [1.29, 1.82) is 0 Å². The van der Waals surface area contributed by atoms with Crippen LogP contribution in [-0.4, -0.2) is 37.2 Å². The Balaban J connectivity index is 1.60. The molecule has 0 radical (unpaired) electrons. The molecular formula is C20H24FN3. The zero-order chi connectivity index (χ0) is 16.4. The summed E-state index contributed by atoms with van der Waals surface area (Å²) in [5.41, 5.74) is 2.48. The van der Waals surface area contributed by atoms with Crippen LogP contribution >= 0.6 is 0 Å². The van der Waals surface area contributed by atoms with Crippen molar-refractivity contribution in [3.05, 3.63) is 66.0 Å². The molecule has 2 heterocycles. The van der Waals surface area contributed by atoms with Crippen LogP contribution < -0.4 is 10.2 Å². The molecule has 24 heavy (non-hydrogen) atoms. The highest BCUT2D eigenvalue weighted by Gasteiger charge is 2.36. The largest absolute Gasteiger partial charge is 0.357 e. The van der Waals surface area contributed by atoms with Crippen LogP contribution in [0, 0.1) is 5.82 Å². The first-order valence-electron chi connectivity index (χ1n) is 8.83. The molecule has 1 N–H and O–H groups in total. The van der Waals surface area contributed by atoms with Crippen molar-refractivity contribution in [2.75, 3.05) is 31.2 Å². The minimum absolute atomic E-state index is 0.173. The van der Waals surface area contributed by atoms with E-state index in [1.807, 2.05) is 12.1 Å². The van der Waals surface area contributed by atoms with Gasteiger partial charge in [0.2, 0.25) is 0 Å². The summed E-state index contributed by atoms with van der Waals surface area (Å²) in [5, 5.41) is 3.46. The summed E-state index contributed by atoms with van der Waals surface area (Å²) in [6, 6.07) is 18.7. The van der Waals surface area contributed by atoms with Crippen LogP contribution in [0.25, 0.3) is 0 Å². The highest BCUT2D eigenvalue weighted by molar-refractivity contribution is 5.48. The lowest BCUT2D eigenvalue weighted by atomic mass is 10.0. The lowest BCUT2D eigenvalue weighted by molar-refractivity contribution is 0.152. The van der Waals surface area contributed by atoms with Crippen LogP contribution in [0.2, 0.25) is 0 Å². The van der Waals surface area contributed by atoms with Crippen molar-refractivity contribution in [2.24, 2.45) is 0 Å². The Hall–Kier alpha value is -1.91. The van der Waals surface area contributed by atoms with Gasteiger partial charge < -0.3 is 10.2 Å². The maximum Gasteiger partial charge on any atom is 0.123 e. The van der Waals surface area contributed by atoms with Crippen LogP contribution in [0.4, 0.5) is 10.1 Å².